The number of hydrogen-bond acceptors (Lipinski definition) is 7. The average Bonchev–Trinajstić information content (AvgIpc) is 3.57. The fourth-order valence-electron chi connectivity index (χ4n) is 4.95. The molecule has 5 rings (SSSR count). The molecule has 0 bridgehead atoms. The average molecular weight is 582 g/mol. The molecule has 2 aliphatic heterocycles. The molecule has 3 amide bonds. The number of anilines is 1. The minimum absolute atomic E-state index is 0.0410. The van der Waals surface area contributed by atoms with E-state index in [4.69, 9.17) is 9.47 Å². The van der Waals surface area contributed by atoms with E-state index in [1.54, 1.807) is 12.1 Å². The number of sulfonamides is 1. The lowest BCUT2D eigenvalue weighted by atomic mass is 10.0. The van der Waals surface area contributed by atoms with Gasteiger partial charge in [-0.1, -0.05) is 24.3 Å². The Morgan fingerprint density at radius 2 is 1.80 bits per heavy atom. The van der Waals surface area contributed by atoms with Gasteiger partial charge in [-0.15, -0.1) is 0 Å². The second-order valence-corrected chi connectivity index (χ2v) is 11.4. The Balaban J connectivity index is 1.54. The quantitative estimate of drug-likeness (QED) is 0.412. The fraction of sp³-hybridized carbons (Fsp3) is 0.276. The minimum Gasteiger partial charge on any atom is -0.497 e. The second kappa shape index (κ2) is 11.7. The minimum atomic E-state index is -4.30. The van der Waals surface area contributed by atoms with Gasteiger partial charge >= 0.3 is 0 Å². The van der Waals surface area contributed by atoms with Crippen molar-refractivity contribution in [2.45, 2.75) is 29.9 Å². The number of nitrogens with zero attached hydrogens (tertiary/aromatic N) is 2. The van der Waals surface area contributed by atoms with Crippen LogP contribution in [0.3, 0.4) is 0 Å². The van der Waals surface area contributed by atoms with Gasteiger partial charge in [0.1, 0.15) is 29.0 Å². The van der Waals surface area contributed by atoms with Crippen molar-refractivity contribution in [3.8, 4) is 5.75 Å². The molecule has 0 spiro atoms. The van der Waals surface area contributed by atoms with E-state index >= 15 is 0 Å². The number of rotatable bonds is 9. The third kappa shape index (κ3) is 5.66. The van der Waals surface area contributed by atoms with Crippen LogP contribution in [0.2, 0.25) is 0 Å². The highest BCUT2D eigenvalue weighted by molar-refractivity contribution is 7.90. The Hall–Kier alpha value is -4.29. The molecular formula is C29H28FN3O7S. The van der Waals surface area contributed by atoms with Crippen LogP contribution in [-0.2, 0) is 24.3 Å². The molecule has 2 heterocycles. The number of fused-ring (bicyclic) bond motifs is 1. The van der Waals surface area contributed by atoms with E-state index in [-0.39, 0.29) is 34.4 Å². The van der Waals surface area contributed by atoms with Crippen molar-refractivity contribution in [2.75, 3.05) is 31.7 Å². The van der Waals surface area contributed by atoms with E-state index in [2.05, 4.69) is 5.32 Å². The van der Waals surface area contributed by atoms with Crippen molar-refractivity contribution >= 4 is 33.4 Å². The van der Waals surface area contributed by atoms with E-state index in [1.165, 1.54) is 55.6 Å². The van der Waals surface area contributed by atoms with Crippen LogP contribution in [-0.4, -0.2) is 63.4 Å². The molecule has 1 N–H and O–H groups in total. The van der Waals surface area contributed by atoms with Crippen molar-refractivity contribution in [2.24, 2.45) is 0 Å². The maximum atomic E-state index is 14.0. The predicted octanol–water partition coefficient (Wildman–Crippen LogP) is 3.05. The number of carbonyl (C=O) groups excluding carboxylic acids is 3. The molecule has 0 aromatic heterocycles. The van der Waals surface area contributed by atoms with Crippen LogP contribution < -0.4 is 15.0 Å². The Morgan fingerprint density at radius 3 is 2.44 bits per heavy atom. The van der Waals surface area contributed by atoms with Gasteiger partial charge in [0.15, 0.2) is 0 Å². The summed E-state index contributed by atoms with van der Waals surface area (Å²) >= 11 is 0. The fourth-order valence-corrected chi connectivity index (χ4v) is 6.46. The summed E-state index contributed by atoms with van der Waals surface area (Å²) in [7, 11) is -2.83. The number of hydrogen-bond donors (Lipinski definition) is 1. The number of benzene rings is 3. The lowest BCUT2D eigenvalue weighted by Crippen LogP contribution is -2.49. The summed E-state index contributed by atoms with van der Waals surface area (Å²) in [5.74, 6) is -2.34. The summed E-state index contributed by atoms with van der Waals surface area (Å²) < 4.78 is 51.6. The molecule has 3 aromatic carbocycles. The van der Waals surface area contributed by atoms with Crippen LogP contribution in [0, 0.1) is 5.82 Å². The molecule has 214 valence electrons. The van der Waals surface area contributed by atoms with Gasteiger partial charge in [-0.2, -0.15) is 0 Å². The monoisotopic (exact) mass is 581 g/mol. The van der Waals surface area contributed by atoms with Crippen LogP contribution in [0.1, 0.15) is 34.8 Å². The molecular weight excluding hydrogens is 553 g/mol. The van der Waals surface area contributed by atoms with Gasteiger partial charge in [-0.05, 0) is 66.9 Å². The highest BCUT2D eigenvalue weighted by Crippen LogP contribution is 2.33. The predicted molar refractivity (Wildman–Crippen MR) is 146 cm³/mol. The van der Waals surface area contributed by atoms with E-state index in [1.807, 2.05) is 0 Å². The molecule has 12 heteroatoms. The molecule has 41 heavy (non-hydrogen) atoms. The zero-order valence-corrected chi connectivity index (χ0v) is 23.0. The third-order valence-electron chi connectivity index (χ3n) is 7.03. The molecule has 3 aromatic rings. The summed E-state index contributed by atoms with van der Waals surface area (Å²) in [5.41, 5.74) is 0.471. The lowest BCUT2D eigenvalue weighted by Gasteiger charge is -2.33. The standard InChI is InChI=1S/C29H28FN3O7S/c1-39-22-14-12-21(13-15-22)33(26(34)18-32-29(36)24-6-2-3-7-25(24)41(32,37)38)27(19-8-10-20(30)11-9-19)28(35)31-17-23-5-4-16-40-23/h2-3,6-15,23,27H,4-5,16-18H2,1H3,(H,31,35)/t23-,27-/m0/s1. The first-order chi connectivity index (χ1) is 19.7. The first-order valence-corrected chi connectivity index (χ1v) is 14.4. The molecule has 10 nitrogen and oxygen atoms in total. The number of carbonyl (C=O) groups is 3. The smallest absolute Gasteiger partial charge is 0.269 e. The maximum absolute atomic E-state index is 14.0. The second-order valence-electron chi connectivity index (χ2n) is 9.61. The SMILES string of the molecule is COc1ccc(N(C(=O)CN2C(=O)c3ccccc3S2(=O)=O)[C@H](C(=O)NC[C@@H]2CCCO2)c2ccc(F)cc2)cc1. The summed E-state index contributed by atoms with van der Waals surface area (Å²) in [6.45, 7) is -0.0901. The van der Waals surface area contributed by atoms with Crippen molar-refractivity contribution < 1.29 is 36.7 Å². The number of nitrogens with one attached hydrogen (secondary N) is 1. The molecule has 0 aliphatic carbocycles. The van der Waals surface area contributed by atoms with Gasteiger partial charge in [0.25, 0.3) is 15.9 Å². The number of amides is 3. The highest BCUT2D eigenvalue weighted by Gasteiger charge is 2.44. The van der Waals surface area contributed by atoms with E-state index in [0.29, 0.717) is 16.7 Å². The van der Waals surface area contributed by atoms with E-state index in [0.717, 1.165) is 29.9 Å². The van der Waals surface area contributed by atoms with Gasteiger partial charge < -0.3 is 14.8 Å². The van der Waals surface area contributed by atoms with Crippen LogP contribution in [0.5, 0.6) is 5.75 Å². The van der Waals surface area contributed by atoms with Crippen LogP contribution >= 0.6 is 0 Å². The Kier molecular flexibility index (Phi) is 8.04. The van der Waals surface area contributed by atoms with Gasteiger partial charge in [-0.25, -0.2) is 17.1 Å². The molecule has 0 unspecified atom stereocenters. The number of halogens is 1. The van der Waals surface area contributed by atoms with E-state index < -0.39 is 46.1 Å². The first kappa shape index (κ1) is 28.2. The molecule has 0 saturated carbocycles. The summed E-state index contributed by atoms with van der Waals surface area (Å²) in [6.07, 6.45) is 1.43. The third-order valence-corrected chi connectivity index (χ3v) is 8.82. The molecule has 2 aliphatic rings. The Morgan fingerprint density at radius 1 is 1.10 bits per heavy atom. The summed E-state index contributed by atoms with van der Waals surface area (Å²) in [6, 6.07) is 15.7. The molecule has 2 atom stereocenters. The highest BCUT2D eigenvalue weighted by atomic mass is 32.2. The van der Waals surface area contributed by atoms with Gasteiger partial charge in [0.2, 0.25) is 11.8 Å². The summed E-state index contributed by atoms with van der Waals surface area (Å²) in [4.78, 5) is 41.8. The van der Waals surface area contributed by atoms with Crippen LogP contribution in [0.4, 0.5) is 10.1 Å². The van der Waals surface area contributed by atoms with Crippen molar-refractivity contribution in [3.63, 3.8) is 0 Å². The van der Waals surface area contributed by atoms with Crippen molar-refractivity contribution in [1.29, 1.82) is 0 Å². The zero-order valence-electron chi connectivity index (χ0n) is 22.2. The van der Waals surface area contributed by atoms with Crippen molar-refractivity contribution in [3.05, 3.63) is 89.7 Å². The maximum Gasteiger partial charge on any atom is 0.269 e. The van der Waals surface area contributed by atoms with Crippen LogP contribution in [0.25, 0.3) is 0 Å². The molecule has 1 fully saturated rings. The van der Waals surface area contributed by atoms with Gasteiger partial charge in [0.05, 0.1) is 18.8 Å². The first-order valence-electron chi connectivity index (χ1n) is 13.0. The largest absolute Gasteiger partial charge is 0.497 e. The Labute approximate surface area is 236 Å². The lowest BCUT2D eigenvalue weighted by molar-refractivity contribution is -0.127. The van der Waals surface area contributed by atoms with Crippen molar-refractivity contribution in [1.82, 2.24) is 9.62 Å². The van der Waals surface area contributed by atoms with Gasteiger partial charge in [-0.3, -0.25) is 19.3 Å². The topological polar surface area (TPSA) is 122 Å². The summed E-state index contributed by atoms with van der Waals surface area (Å²) in [5, 5.41) is 2.82. The van der Waals surface area contributed by atoms with Crippen LogP contribution in [0.15, 0.2) is 77.7 Å². The zero-order chi connectivity index (χ0) is 29.1. The number of ether oxygens (including phenoxy) is 2. The Bertz CT molecular complexity index is 1560. The molecule has 0 radical (unpaired) electrons. The number of methoxy groups -OCH3 is 1. The van der Waals surface area contributed by atoms with E-state index in [9.17, 15) is 27.2 Å². The normalized spacial score (nSPS) is 18.0. The molecule has 1 saturated heterocycles. The van der Waals surface area contributed by atoms with Gasteiger partial charge in [0, 0.05) is 18.8 Å².